The van der Waals surface area contributed by atoms with Crippen LogP contribution in [0.1, 0.15) is 33.8 Å². The molecule has 1 amide bonds. The summed E-state index contributed by atoms with van der Waals surface area (Å²) in [5.41, 5.74) is 1.24. The quantitative estimate of drug-likeness (QED) is 0.891. The molecule has 1 unspecified atom stereocenters. The lowest BCUT2D eigenvalue weighted by atomic mass is 10.1. The minimum absolute atomic E-state index is 0.0193. The Morgan fingerprint density at radius 3 is 2.78 bits per heavy atom. The molecule has 0 aliphatic heterocycles. The van der Waals surface area contributed by atoms with Gasteiger partial charge >= 0.3 is 0 Å². The number of amides is 1. The van der Waals surface area contributed by atoms with Crippen molar-refractivity contribution in [1.82, 2.24) is 5.32 Å². The second kappa shape index (κ2) is 5.23. The molecule has 2 N–H and O–H groups in total. The summed E-state index contributed by atoms with van der Waals surface area (Å²) < 4.78 is 0. The molecule has 1 aromatic heterocycles. The lowest BCUT2D eigenvalue weighted by Gasteiger charge is -2.13. The van der Waals surface area contributed by atoms with Crippen molar-refractivity contribution >= 4 is 17.2 Å². The van der Waals surface area contributed by atoms with Crippen LogP contribution in [0.4, 0.5) is 0 Å². The molecule has 0 spiro atoms. The highest BCUT2D eigenvalue weighted by Crippen LogP contribution is 2.22. The predicted octanol–water partition coefficient (Wildman–Crippen LogP) is 3.25. The van der Waals surface area contributed by atoms with Gasteiger partial charge in [-0.3, -0.25) is 4.79 Å². The summed E-state index contributed by atoms with van der Waals surface area (Å²) in [5, 5.41) is 14.6. The zero-order chi connectivity index (χ0) is 13.1. The van der Waals surface area contributed by atoms with Crippen LogP contribution in [-0.4, -0.2) is 11.0 Å². The molecule has 4 heteroatoms. The number of phenolic OH excluding ortho intramolecular Hbond substituents is 1. The second-order valence-electron chi connectivity index (χ2n) is 4.23. The first-order valence-electron chi connectivity index (χ1n) is 5.72. The van der Waals surface area contributed by atoms with Gasteiger partial charge in [-0.2, -0.15) is 0 Å². The molecule has 0 fully saturated rings. The molecule has 0 bridgehead atoms. The Labute approximate surface area is 110 Å². The van der Waals surface area contributed by atoms with Gasteiger partial charge in [-0.15, -0.1) is 11.3 Å². The van der Waals surface area contributed by atoms with Crippen LogP contribution < -0.4 is 5.32 Å². The van der Waals surface area contributed by atoms with Crippen LogP contribution in [0.5, 0.6) is 5.75 Å². The number of rotatable bonds is 3. The molecule has 1 heterocycles. The number of nitrogens with one attached hydrogen (secondary N) is 1. The van der Waals surface area contributed by atoms with Crippen LogP contribution in [-0.2, 0) is 0 Å². The number of aromatic hydroxyl groups is 1. The second-order valence-corrected chi connectivity index (χ2v) is 5.21. The van der Waals surface area contributed by atoms with E-state index in [-0.39, 0.29) is 17.7 Å². The van der Waals surface area contributed by atoms with Crippen molar-refractivity contribution < 1.29 is 9.90 Å². The van der Waals surface area contributed by atoms with E-state index >= 15 is 0 Å². The van der Waals surface area contributed by atoms with Gasteiger partial charge in [-0.1, -0.05) is 12.1 Å². The number of carbonyl (C=O) groups is 1. The topological polar surface area (TPSA) is 49.3 Å². The summed E-state index contributed by atoms with van der Waals surface area (Å²) in [6.45, 7) is 3.80. The molecule has 18 heavy (non-hydrogen) atoms. The van der Waals surface area contributed by atoms with Crippen molar-refractivity contribution in [1.29, 1.82) is 0 Å². The number of benzene rings is 1. The molecule has 3 nitrogen and oxygen atoms in total. The molecule has 0 radical (unpaired) electrons. The maximum atomic E-state index is 12.0. The highest BCUT2D eigenvalue weighted by molar-refractivity contribution is 7.10. The Balaban J connectivity index is 2.12. The third-order valence-electron chi connectivity index (χ3n) is 2.72. The van der Waals surface area contributed by atoms with Crippen molar-refractivity contribution in [3.8, 4) is 5.75 Å². The number of phenols is 1. The maximum Gasteiger partial charge on any atom is 0.255 e. The Kier molecular flexibility index (Phi) is 3.67. The Morgan fingerprint density at radius 2 is 2.17 bits per heavy atom. The summed E-state index contributed by atoms with van der Waals surface area (Å²) in [7, 11) is 0. The third-order valence-corrected chi connectivity index (χ3v) is 3.77. The van der Waals surface area contributed by atoms with E-state index in [0.717, 1.165) is 10.4 Å². The Morgan fingerprint density at radius 1 is 1.39 bits per heavy atom. The van der Waals surface area contributed by atoms with Gasteiger partial charge in [-0.05, 0) is 43.0 Å². The minimum Gasteiger partial charge on any atom is -0.507 e. The largest absolute Gasteiger partial charge is 0.507 e. The van der Waals surface area contributed by atoms with E-state index in [2.05, 4.69) is 5.32 Å². The molecule has 1 atom stereocenters. The maximum absolute atomic E-state index is 12.0. The molecule has 0 aliphatic carbocycles. The predicted molar refractivity (Wildman–Crippen MR) is 73.0 cm³/mol. The molecule has 1 aromatic carbocycles. The Hall–Kier alpha value is -1.81. The number of thiophene rings is 1. The van der Waals surface area contributed by atoms with Crippen LogP contribution in [0, 0.1) is 6.92 Å². The first-order chi connectivity index (χ1) is 8.58. The van der Waals surface area contributed by atoms with Crippen LogP contribution >= 0.6 is 11.3 Å². The van der Waals surface area contributed by atoms with E-state index in [1.165, 1.54) is 0 Å². The molecule has 0 aliphatic rings. The lowest BCUT2D eigenvalue weighted by molar-refractivity contribution is 0.0938. The molecule has 2 aromatic rings. The molecular weight excluding hydrogens is 246 g/mol. The summed E-state index contributed by atoms with van der Waals surface area (Å²) in [5.74, 6) is -0.237. The summed E-state index contributed by atoms with van der Waals surface area (Å²) >= 11 is 1.60. The van der Waals surface area contributed by atoms with Crippen molar-refractivity contribution in [2.75, 3.05) is 0 Å². The molecular formula is C14H15NO2S. The van der Waals surface area contributed by atoms with E-state index in [0.29, 0.717) is 5.56 Å². The van der Waals surface area contributed by atoms with E-state index < -0.39 is 0 Å². The summed E-state index contributed by atoms with van der Waals surface area (Å²) in [6.07, 6.45) is 0. The van der Waals surface area contributed by atoms with Crippen LogP contribution in [0.15, 0.2) is 35.7 Å². The first-order valence-corrected chi connectivity index (χ1v) is 6.60. The van der Waals surface area contributed by atoms with Crippen LogP contribution in [0.25, 0.3) is 0 Å². The van der Waals surface area contributed by atoms with Gasteiger partial charge in [-0.25, -0.2) is 0 Å². The van der Waals surface area contributed by atoms with Crippen LogP contribution in [0.3, 0.4) is 0 Å². The fraction of sp³-hybridized carbons (Fsp3) is 0.214. The van der Waals surface area contributed by atoms with Crippen molar-refractivity contribution in [3.05, 3.63) is 51.7 Å². The number of aryl methyl sites for hydroxylation is 1. The van der Waals surface area contributed by atoms with Gasteiger partial charge < -0.3 is 10.4 Å². The fourth-order valence-corrected chi connectivity index (χ4v) is 2.45. The average Bonchev–Trinajstić information content (AvgIpc) is 2.81. The van der Waals surface area contributed by atoms with Gasteiger partial charge in [0.05, 0.1) is 11.6 Å². The standard InChI is InChI=1S/C14H15NO2S/c1-9-5-6-11(12(16)8-9)14(17)15-10(2)13-4-3-7-18-13/h3-8,10,16H,1-2H3,(H,15,17). The average molecular weight is 261 g/mol. The molecule has 2 rings (SSSR count). The summed E-state index contributed by atoms with van der Waals surface area (Å²) in [6, 6.07) is 8.91. The van der Waals surface area contributed by atoms with Crippen LogP contribution in [0.2, 0.25) is 0 Å². The zero-order valence-electron chi connectivity index (χ0n) is 10.3. The van der Waals surface area contributed by atoms with Gasteiger partial charge in [0, 0.05) is 4.88 Å². The first kappa shape index (κ1) is 12.6. The monoisotopic (exact) mass is 261 g/mol. The van der Waals surface area contributed by atoms with E-state index in [1.54, 1.807) is 23.5 Å². The summed E-state index contributed by atoms with van der Waals surface area (Å²) in [4.78, 5) is 13.1. The van der Waals surface area contributed by atoms with Crippen molar-refractivity contribution in [2.45, 2.75) is 19.9 Å². The van der Waals surface area contributed by atoms with E-state index in [4.69, 9.17) is 0 Å². The molecule has 0 saturated heterocycles. The number of carbonyl (C=O) groups excluding carboxylic acids is 1. The van der Waals surface area contributed by atoms with E-state index in [9.17, 15) is 9.90 Å². The van der Waals surface area contributed by atoms with Gasteiger partial charge in [0.25, 0.3) is 5.91 Å². The highest BCUT2D eigenvalue weighted by atomic mass is 32.1. The number of hydrogen-bond acceptors (Lipinski definition) is 3. The molecule has 94 valence electrons. The van der Waals surface area contributed by atoms with Crippen molar-refractivity contribution in [3.63, 3.8) is 0 Å². The Bertz CT molecular complexity index is 549. The van der Waals surface area contributed by atoms with E-state index in [1.807, 2.05) is 37.4 Å². The molecule has 0 saturated carbocycles. The SMILES string of the molecule is Cc1ccc(C(=O)NC(C)c2cccs2)c(O)c1. The van der Waals surface area contributed by atoms with Crippen molar-refractivity contribution in [2.24, 2.45) is 0 Å². The minimum atomic E-state index is -0.256. The smallest absolute Gasteiger partial charge is 0.255 e. The highest BCUT2D eigenvalue weighted by Gasteiger charge is 2.15. The third kappa shape index (κ3) is 2.71. The zero-order valence-corrected chi connectivity index (χ0v) is 11.1. The van der Waals surface area contributed by atoms with Gasteiger partial charge in [0.15, 0.2) is 0 Å². The number of hydrogen-bond donors (Lipinski definition) is 2. The lowest BCUT2D eigenvalue weighted by Crippen LogP contribution is -2.26. The van der Waals surface area contributed by atoms with Gasteiger partial charge in [0.1, 0.15) is 5.75 Å². The van der Waals surface area contributed by atoms with Gasteiger partial charge in [0.2, 0.25) is 0 Å². The fourth-order valence-electron chi connectivity index (χ4n) is 1.72. The normalized spacial score (nSPS) is 12.1.